The van der Waals surface area contributed by atoms with Crippen molar-refractivity contribution in [2.75, 3.05) is 0 Å². The molecule has 0 aliphatic heterocycles. The highest BCUT2D eigenvalue weighted by atomic mass is 32.1. The van der Waals surface area contributed by atoms with E-state index < -0.39 is 0 Å². The number of thiol groups is 1. The van der Waals surface area contributed by atoms with Gasteiger partial charge in [-0.1, -0.05) is 29.8 Å². The van der Waals surface area contributed by atoms with Gasteiger partial charge in [-0.2, -0.15) is 0 Å². The first-order valence-electron chi connectivity index (χ1n) is 3.41. The molecule has 0 saturated carbocycles. The summed E-state index contributed by atoms with van der Waals surface area (Å²) in [7, 11) is 0. The summed E-state index contributed by atoms with van der Waals surface area (Å²) in [4.78, 5) is 0. The second-order valence-electron chi connectivity index (χ2n) is 2.45. The fourth-order valence-corrected chi connectivity index (χ4v) is 0.970. The van der Waals surface area contributed by atoms with Gasteiger partial charge < -0.3 is 5.73 Å². The van der Waals surface area contributed by atoms with Crippen molar-refractivity contribution in [2.45, 2.75) is 6.92 Å². The maximum absolute atomic E-state index is 5.63. The molecule has 0 saturated heterocycles. The van der Waals surface area contributed by atoms with Crippen LogP contribution in [0.4, 0.5) is 0 Å². The van der Waals surface area contributed by atoms with Crippen LogP contribution in [0, 0.1) is 6.92 Å². The van der Waals surface area contributed by atoms with E-state index in [0.717, 1.165) is 5.56 Å². The van der Waals surface area contributed by atoms with Crippen molar-refractivity contribution < 1.29 is 0 Å². The van der Waals surface area contributed by atoms with Gasteiger partial charge in [0.05, 0.1) is 0 Å². The lowest BCUT2D eigenvalue weighted by Crippen LogP contribution is -1.94. The molecule has 0 amide bonds. The Bertz CT molecular complexity index is 261. The Labute approximate surface area is 72.3 Å². The molecule has 2 N–H and O–H groups in total. The van der Waals surface area contributed by atoms with Crippen LogP contribution in [0.1, 0.15) is 11.1 Å². The number of nitrogens with two attached hydrogens (primary N) is 1. The van der Waals surface area contributed by atoms with Gasteiger partial charge in [0, 0.05) is 5.70 Å². The summed E-state index contributed by atoms with van der Waals surface area (Å²) in [6.45, 7) is 2.05. The molecule has 0 atom stereocenters. The zero-order valence-electron chi connectivity index (χ0n) is 6.41. The quantitative estimate of drug-likeness (QED) is 0.613. The van der Waals surface area contributed by atoms with Crippen molar-refractivity contribution in [3.8, 4) is 0 Å². The second kappa shape index (κ2) is 3.49. The lowest BCUT2D eigenvalue weighted by atomic mass is 10.1. The standard InChI is InChI=1S/C9H11NS/c1-7-2-4-8(5-3-7)9(10)6-11/h2-6,11H,10H2,1H3/b9-6-. The second-order valence-corrected chi connectivity index (χ2v) is 2.71. The van der Waals surface area contributed by atoms with Gasteiger partial charge in [-0.05, 0) is 17.9 Å². The van der Waals surface area contributed by atoms with E-state index >= 15 is 0 Å². The molecule has 0 unspecified atom stereocenters. The molecule has 1 rings (SSSR count). The van der Waals surface area contributed by atoms with E-state index in [-0.39, 0.29) is 0 Å². The van der Waals surface area contributed by atoms with Crippen LogP contribution in [0.3, 0.4) is 0 Å². The summed E-state index contributed by atoms with van der Waals surface area (Å²) >= 11 is 3.97. The van der Waals surface area contributed by atoms with E-state index in [1.54, 1.807) is 5.41 Å². The fourth-order valence-electron chi connectivity index (χ4n) is 0.821. The molecule has 58 valence electrons. The minimum absolute atomic E-state index is 0.702. The van der Waals surface area contributed by atoms with Crippen molar-refractivity contribution in [1.82, 2.24) is 0 Å². The van der Waals surface area contributed by atoms with E-state index in [1.165, 1.54) is 5.56 Å². The van der Waals surface area contributed by atoms with Crippen molar-refractivity contribution in [3.63, 3.8) is 0 Å². The Morgan fingerprint density at radius 3 is 2.36 bits per heavy atom. The molecular weight excluding hydrogens is 154 g/mol. The average Bonchev–Trinajstić information content (AvgIpc) is 2.05. The molecule has 2 heteroatoms. The molecule has 11 heavy (non-hydrogen) atoms. The lowest BCUT2D eigenvalue weighted by molar-refractivity contribution is 1.43. The number of rotatable bonds is 1. The molecule has 0 bridgehead atoms. The van der Waals surface area contributed by atoms with Crippen molar-refractivity contribution in [2.24, 2.45) is 5.73 Å². The Morgan fingerprint density at radius 1 is 1.36 bits per heavy atom. The molecule has 0 spiro atoms. The van der Waals surface area contributed by atoms with Crippen molar-refractivity contribution in [1.29, 1.82) is 0 Å². The maximum atomic E-state index is 5.63. The minimum atomic E-state index is 0.702. The first-order chi connectivity index (χ1) is 5.24. The molecule has 0 radical (unpaired) electrons. The molecule has 0 aliphatic carbocycles. The summed E-state index contributed by atoms with van der Waals surface area (Å²) in [5.74, 6) is 0. The van der Waals surface area contributed by atoms with Gasteiger partial charge in [-0.15, -0.1) is 12.6 Å². The molecule has 1 aromatic rings. The van der Waals surface area contributed by atoms with E-state index in [1.807, 2.05) is 31.2 Å². The first-order valence-corrected chi connectivity index (χ1v) is 3.92. The Balaban J connectivity index is 2.99. The monoisotopic (exact) mass is 165 g/mol. The topological polar surface area (TPSA) is 26.0 Å². The van der Waals surface area contributed by atoms with Crippen LogP contribution in [0.15, 0.2) is 29.7 Å². The third-order valence-corrected chi connectivity index (χ3v) is 1.80. The highest BCUT2D eigenvalue weighted by molar-refractivity contribution is 7.83. The zero-order valence-corrected chi connectivity index (χ0v) is 7.31. The Morgan fingerprint density at radius 2 is 1.91 bits per heavy atom. The van der Waals surface area contributed by atoms with Gasteiger partial charge in [0.1, 0.15) is 0 Å². The average molecular weight is 165 g/mol. The molecule has 0 aliphatic rings. The van der Waals surface area contributed by atoms with Crippen LogP contribution in [0.5, 0.6) is 0 Å². The largest absolute Gasteiger partial charge is 0.398 e. The van der Waals surface area contributed by atoms with E-state index in [2.05, 4.69) is 12.6 Å². The van der Waals surface area contributed by atoms with Gasteiger partial charge in [0.25, 0.3) is 0 Å². The maximum Gasteiger partial charge on any atom is 0.0449 e. The van der Waals surface area contributed by atoms with Crippen LogP contribution in [-0.2, 0) is 0 Å². The summed E-state index contributed by atoms with van der Waals surface area (Å²) in [5.41, 5.74) is 8.59. The summed E-state index contributed by atoms with van der Waals surface area (Å²) < 4.78 is 0. The van der Waals surface area contributed by atoms with Crippen LogP contribution in [0.2, 0.25) is 0 Å². The van der Waals surface area contributed by atoms with Crippen LogP contribution in [0.25, 0.3) is 5.70 Å². The summed E-state index contributed by atoms with van der Waals surface area (Å²) in [5, 5.41) is 1.60. The summed E-state index contributed by atoms with van der Waals surface area (Å²) in [6, 6.07) is 8.02. The van der Waals surface area contributed by atoms with Crippen LogP contribution < -0.4 is 5.73 Å². The van der Waals surface area contributed by atoms with E-state index in [9.17, 15) is 0 Å². The van der Waals surface area contributed by atoms with E-state index in [4.69, 9.17) is 5.73 Å². The molecule has 1 nitrogen and oxygen atoms in total. The van der Waals surface area contributed by atoms with Crippen molar-refractivity contribution >= 4 is 18.3 Å². The third-order valence-electron chi connectivity index (χ3n) is 1.52. The Kier molecular flexibility index (Phi) is 2.60. The minimum Gasteiger partial charge on any atom is -0.398 e. The smallest absolute Gasteiger partial charge is 0.0449 e. The van der Waals surface area contributed by atoms with Crippen LogP contribution in [-0.4, -0.2) is 0 Å². The van der Waals surface area contributed by atoms with E-state index in [0.29, 0.717) is 5.70 Å². The van der Waals surface area contributed by atoms with Gasteiger partial charge in [0.2, 0.25) is 0 Å². The third kappa shape index (κ3) is 2.02. The lowest BCUT2D eigenvalue weighted by Gasteiger charge is -1.99. The fraction of sp³-hybridized carbons (Fsp3) is 0.111. The number of hydrogen-bond donors (Lipinski definition) is 2. The number of hydrogen-bond acceptors (Lipinski definition) is 2. The predicted octanol–water partition coefficient (Wildman–Crippen LogP) is 2.18. The number of aryl methyl sites for hydroxylation is 1. The van der Waals surface area contributed by atoms with Gasteiger partial charge >= 0.3 is 0 Å². The number of benzene rings is 1. The normalized spacial score (nSPS) is 11.6. The molecule has 0 heterocycles. The van der Waals surface area contributed by atoms with Crippen LogP contribution >= 0.6 is 12.6 Å². The van der Waals surface area contributed by atoms with Gasteiger partial charge in [-0.3, -0.25) is 0 Å². The Hall–Kier alpha value is -0.890. The molecule has 0 aromatic heterocycles. The summed E-state index contributed by atoms with van der Waals surface area (Å²) in [6.07, 6.45) is 0. The SMILES string of the molecule is Cc1ccc(/C(N)=C/S)cc1. The van der Waals surface area contributed by atoms with Gasteiger partial charge in [0.15, 0.2) is 0 Å². The zero-order chi connectivity index (χ0) is 8.27. The highest BCUT2D eigenvalue weighted by Gasteiger charge is 1.92. The predicted molar refractivity (Wildman–Crippen MR) is 52.3 cm³/mol. The first kappa shape index (κ1) is 8.21. The molecule has 0 fully saturated rings. The molecular formula is C9H11NS. The molecule has 1 aromatic carbocycles. The van der Waals surface area contributed by atoms with Gasteiger partial charge in [-0.25, -0.2) is 0 Å². The van der Waals surface area contributed by atoms with Crippen molar-refractivity contribution in [3.05, 3.63) is 40.8 Å². The highest BCUT2D eigenvalue weighted by Crippen LogP contribution is 2.10.